The van der Waals surface area contributed by atoms with Crippen molar-refractivity contribution >= 4 is 33.2 Å². The summed E-state index contributed by atoms with van der Waals surface area (Å²) >= 11 is 5.71. The van der Waals surface area contributed by atoms with Gasteiger partial charge < -0.3 is 11.1 Å². The highest BCUT2D eigenvalue weighted by Gasteiger charge is 2.33. The molecule has 0 saturated heterocycles. The van der Waals surface area contributed by atoms with Crippen LogP contribution in [-0.4, -0.2) is 36.1 Å². The Hall–Kier alpha value is -1.41. The van der Waals surface area contributed by atoms with Crippen LogP contribution in [0.4, 0.5) is 5.82 Å². The van der Waals surface area contributed by atoms with Gasteiger partial charge in [-0.25, -0.2) is 13.4 Å². The molecule has 1 aromatic rings. The lowest BCUT2D eigenvalue weighted by atomic mass is 10.3. The lowest BCUT2D eigenvalue weighted by Crippen LogP contribution is -2.33. The molecule has 1 aliphatic rings. The van der Waals surface area contributed by atoms with E-state index in [9.17, 15) is 13.2 Å². The number of carbonyl (C=O) groups is 1. The zero-order valence-corrected chi connectivity index (χ0v) is 11.0. The second kappa shape index (κ2) is 4.36. The van der Waals surface area contributed by atoms with Gasteiger partial charge in [-0.2, -0.15) is 4.98 Å². The van der Waals surface area contributed by atoms with E-state index in [4.69, 9.17) is 17.3 Å². The standard InChI is InChI=1S/C9H11ClN4O3S/c1-4(7(11)15)12-8-6-5(13-9(10)14-8)2-3-18(6,16)17/h4H,2-3H2,1H3,(H2,11,15)(H,12,13,14). The molecule has 18 heavy (non-hydrogen) atoms. The van der Waals surface area contributed by atoms with Crippen molar-refractivity contribution in [2.75, 3.05) is 11.1 Å². The topological polar surface area (TPSA) is 115 Å². The molecule has 1 amide bonds. The maximum absolute atomic E-state index is 11.9. The summed E-state index contributed by atoms with van der Waals surface area (Å²) in [6.45, 7) is 1.51. The van der Waals surface area contributed by atoms with Crippen molar-refractivity contribution in [3.63, 3.8) is 0 Å². The lowest BCUT2D eigenvalue weighted by molar-refractivity contribution is -0.118. The Bertz CT molecular complexity index is 616. The van der Waals surface area contributed by atoms with E-state index in [0.717, 1.165) is 0 Å². The molecule has 2 rings (SSSR count). The molecular formula is C9H11ClN4O3S. The fraction of sp³-hybridized carbons (Fsp3) is 0.444. The minimum atomic E-state index is -3.42. The number of fused-ring (bicyclic) bond motifs is 1. The summed E-state index contributed by atoms with van der Waals surface area (Å²) in [5.41, 5.74) is 5.48. The summed E-state index contributed by atoms with van der Waals surface area (Å²) in [6, 6.07) is -0.754. The SMILES string of the molecule is CC(Nc1nc(Cl)nc2c1S(=O)(=O)CC2)C(N)=O. The number of carbonyl (C=O) groups excluding carboxylic acids is 1. The average molecular weight is 291 g/mol. The van der Waals surface area contributed by atoms with Gasteiger partial charge in [-0.3, -0.25) is 4.79 Å². The normalized spacial score (nSPS) is 18.1. The molecule has 1 atom stereocenters. The molecular weight excluding hydrogens is 280 g/mol. The Morgan fingerprint density at radius 1 is 1.50 bits per heavy atom. The fourth-order valence-electron chi connectivity index (χ4n) is 1.67. The van der Waals surface area contributed by atoms with E-state index in [2.05, 4.69) is 15.3 Å². The molecule has 0 bridgehead atoms. The van der Waals surface area contributed by atoms with Crippen LogP contribution in [0.1, 0.15) is 12.6 Å². The summed E-state index contributed by atoms with van der Waals surface area (Å²) in [6.07, 6.45) is 0.291. The predicted octanol–water partition coefficient (Wildman–Crippen LogP) is -0.255. The first-order valence-electron chi connectivity index (χ1n) is 5.16. The second-order valence-corrected chi connectivity index (χ2v) is 6.34. The van der Waals surface area contributed by atoms with Gasteiger partial charge in [0.25, 0.3) is 0 Å². The van der Waals surface area contributed by atoms with Crippen LogP contribution in [0, 0.1) is 0 Å². The van der Waals surface area contributed by atoms with Gasteiger partial charge in [-0.15, -0.1) is 0 Å². The number of primary amides is 1. The number of rotatable bonds is 3. The number of sulfone groups is 1. The number of nitrogens with two attached hydrogens (primary N) is 1. The van der Waals surface area contributed by atoms with Crippen LogP contribution in [0.2, 0.25) is 5.28 Å². The van der Waals surface area contributed by atoms with Gasteiger partial charge in [-0.1, -0.05) is 0 Å². The Morgan fingerprint density at radius 2 is 2.17 bits per heavy atom. The monoisotopic (exact) mass is 290 g/mol. The maximum Gasteiger partial charge on any atom is 0.239 e. The molecule has 1 aromatic heterocycles. The number of hydrogen-bond acceptors (Lipinski definition) is 6. The van der Waals surface area contributed by atoms with E-state index in [1.165, 1.54) is 6.92 Å². The van der Waals surface area contributed by atoms with Gasteiger partial charge in [0.1, 0.15) is 10.9 Å². The van der Waals surface area contributed by atoms with Crippen LogP contribution in [0.25, 0.3) is 0 Å². The van der Waals surface area contributed by atoms with E-state index in [1.54, 1.807) is 0 Å². The second-order valence-electron chi connectivity index (χ2n) is 3.95. The molecule has 0 fully saturated rings. The van der Waals surface area contributed by atoms with Gasteiger partial charge in [0.2, 0.25) is 11.2 Å². The molecule has 2 heterocycles. The van der Waals surface area contributed by atoms with Crippen molar-refractivity contribution in [3.05, 3.63) is 11.0 Å². The number of anilines is 1. The molecule has 9 heteroatoms. The number of amides is 1. The van der Waals surface area contributed by atoms with E-state index in [-0.39, 0.29) is 21.7 Å². The predicted molar refractivity (Wildman–Crippen MR) is 65.1 cm³/mol. The van der Waals surface area contributed by atoms with Crippen molar-refractivity contribution in [2.45, 2.75) is 24.3 Å². The van der Waals surface area contributed by atoms with Crippen molar-refractivity contribution in [3.8, 4) is 0 Å². The third-order valence-corrected chi connectivity index (χ3v) is 4.57. The molecule has 98 valence electrons. The highest BCUT2D eigenvalue weighted by molar-refractivity contribution is 7.91. The molecule has 0 radical (unpaired) electrons. The first kappa shape index (κ1) is 13.0. The largest absolute Gasteiger partial charge is 0.368 e. The smallest absolute Gasteiger partial charge is 0.239 e. The fourth-order valence-corrected chi connectivity index (χ4v) is 3.43. The molecule has 1 aliphatic heterocycles. The van der Waals surface area contributed by atoms with Crippen molar-refractivity contribution in [2.24, 2.45) is 5.73 Å². The van der Waals surface area contributed by atoms with Crippen LogP contribution in [0.5, 0.6) is 0 Å². The van der Waals surface area contributed by atoms with E-state index >= 15 is 0 Å². The molecule has 1 unspecified atom stereocenters. The maximum atomic E-state index is 11.9. The summed E-state index contributed by atoms with van der Waals surface area (Å²) < 4.78 is 23.7. The number of aromatic nitrogens is 2. The summed E-state index contributed by atoms with van der Waals surface area (Å²) in [5.74, 6) is -0.612. The van der Waals surface area contributed by atoms with Crippen LogP contribution in [-0.2, 0) is 21.1 Å². The molecule has 0 spiro atoms. The van der Waals surface area contributed by atoms with Gasteiger partial charge in [0, 0.05) is 6.42 Å². The Morgan fingerprint density at radius 3 is 2.78 bits per heavy atom. The quantitative estimate of drug-likeness (QED) is 0.742. The van der Waals surface area contributed by atoms with Crippen molar-refractivity contribution in [1.29, 1.82) is 0 Å². The van der Waals surface area contributed by atoms with Gasteiger partial charge in [0.05, 0.1) is 11.4 Å². The van der Waals surface area contributed by atoms with Crippen LogP contribution < -0.4 is 11.1 Å². The third-order valence-electron chi connectivity index (χ3n) is 2.61. The van der Waals surface area contributed by atoms with Gasteiger partial charge in [-0.05, 0) is 18.5 Å². The van der Waals surface area contributed by atoms with E-state index in [1.807, 2.05) is 0 Å². The van der Waals surface area contributed by atoms with E-state index < -0.39 is 21.8 Å². The molecule has 0 aromatic carbocycles. The minimum Gasteiger partial charge on any atom is -0.368 e. The molecule has 0 aliphatic carbocycles. The van der Waals surface area contributed by atoms with Gasteiger partial charge in [0.15, 0.2) is 15.7 Å². The Labute approximate surface area is 109 Å². The molecule has 3 N–H and O–H groups in total. The first-order chi connectivity index (χ1) is 8.31. The highest BCUT2D eigenvalue weighted by Crippen LogP contribution is 2.31. The number of nitrogens with zero attached hydrogens (tertiary/aromatic N) is 2. The van der Waals surface area contributed by atoms with Crippen LogP contribution in [0.3, 0.4) is 0 Å². The van der Waals surface area contributed by atoms with Crippen LogP contribution >= 0.6 is 11.6 Å². The summed E-state index contributed by atoms with van der Waals surface area (Å²) in [4.78, 5) is 18.7. The molecule has 7 nitrogen and oxygen atoms in total. The van der Waals surface area contributed by atoms with Gasteiger partial charge >= 0.3 is 0 Å². The van der Waals surface area contributed by atoms with Crippen molar-refractivity contribution < 1.29 is 13.2 Å². The van der Waals surface area contributed by atoms with E-state index in [0.29, 0.717) is 12.1 Å². The lowest BCUT2D eigenvalue weighted by Gasteiger charge is -2.13. The minimum absolute atomic E-state index is 0.0139. The first-order valence-corrected chi connectivity index (χ1v) is 7.19. The number of hydrogen-bond donors (Lipinski definition) is 2. The van der Waals surface area contributed by atoms with Crippen LogP contribution in [0.15, 0.2) is 4.90 Å². The molecule has 0 saturated carbocycles. The summed E-state index contributed by atoms with van der Waals surface area (Å²) in [7, 11) is -3.42. The zero-order valence-electron chi connectivity index (χ0n) is 9.47. The van der Waals surface area contributed by atoms with Crippen molar-refractivity contribution in [1.82, 2.24) is 9.97 Å². The Balaban J connectivity index is 2.51. The number of aryl methyl sites for hydroxylation is 1. The Kier molecular flexibility index (Phi) is 3.16. The average Bonchev–Trinajstić information content (AvgIpc) is 2.54. The zero-order chi connectivity index (χ0) is 13.5. The third kappa shape index (κ3) is 2.25. The summed E-state index contributed by atoms with van der Waals surface area (Å²) in [5, 5.41) is 2.58. The number of halogens is 1. The number of nitrogens with one attached hydrogen (secondary N) is 1. The highest BCUT2D eigenvalue weighted by atomic mass is 35.5.